The number of hydrogen-bond donors (Lipinski definition) is 0. The fourth-order valence-corrected chi connectivity index (χ4v) is 23.9. The summed E-state index contributed by atoms with van der Waals surface area (Å²) in [7, 11) is 39.5. The first kappa shape index (κ1) is 120. The van der Waals surface area contributed by atoms with E-state index in [1.54, 1.807) is 0 Å². The van der Waals surface area contributed by atoms with E-state index in [0.29, 0.717) is 16.2 Å². The van der Waals surface area contributed by atoms with Crippen molar-refractivity contribution in [2.75, 3.05) is 0 Å². The molecule has 0 aromatic heterocycles. The quantitative estimate of drug-likeness (QED) is 0.0667. The molecule has 0 aliphatic heterocycles. The number of fused-ring (bicyclic) bond motifs is 4. The molecule has 12 aliphatic carbocycles. The molecule has 15 unspecified atom stereocenters. The SMILES string of the molecule is C=CCC1CC(C(CC)(CC)C2CCCC2)C2C=CC=CC12.C=CCC1CCC2C=CC=CC21.C=CCCC1CC(C(CC)(CC)C2CCCC2)C2C=CC=CC12.CCCC1CC(C(CC)(CC)C2CCCC2)C2C=CC=CC12.CCCCC1CCCC1.[CH3-].[CH3-].[CH3-].[CH3-].[CH3-].[CH3-].[CH3-].[CH3-].[Cl][Zr+2][Cl].[Cl][Zr+2][Cl].[Cl][Zr+2][Cl].[Cl][Zr+2][Cl]. The molecule has 620 valence electrons. The van der Waals surface area contributed by atoms with Crippen LogP contribution in [0.4, 0.5) is 0 Å². The van der Waals surface area contributed by atoms with E-state index in [9.17, 15) is 0 Å². The van der Waals surface area contributed by atoms with E-state index in [0.717, 1.165) is 112 Å². The van der Waals surface area contributed by atoms with Crippen LogP contribution in [0.1, 0.15) is 287 Å². The molecule has 0 amide bonds. The Bertz CT molecular complexity index is 2390. The van der Waals surface area contributed by atoms with Crippen LogP contribution in [-0.2, 0) is 83.4 Å². The van der Waals surface area contributed by atoms with E-state index >= 15 is 0 Å². The molecular formula is C96H164Cl8Zr4. The minimum absolute atomic E-state index is 0. The van der Waals surface area contributed by atoms with Crippen molar-refractivity contribution in [3.05, 3.63) is 195 Å². The van der Waals surface area contributed by atoms with Gasteiger partial charge in [0.05, 0.1) is 0 Å². The van der Waals surface area contributed by atoms with E-state index in [1.807, 2.05) is 0 Å². The summed E-state index contributed by atoms with van der Waals surface area (Å²) in [5, 5.41) is 0. The second-order valence-corrected chi connectivity index (χ2v) is 46.9. The van der Waals surface area contributed by atoms with Crippen molar-refractivity contribution in [2.45, 2.75) is 287 Å². The summed E-state index contributed by atoms with van der Waals surface area (Å²) in [5.41, 5.74) is 1.81. The summed E-state index contributed by atoms with van der Waals surface area (Å²) in [4.78, 5) is 0. The fourth-order valence-electron chi connectivity index (χ4n) is 23.9. The van der Waals surface area contributed by atoms with Crippen molar-refractivity contribution in [3.63, 3.8) is 0 Å². The molecule has 0 saturated heterocycles. The van der Waals surface area contributed by atoms with E-state index < -0.39 is 83.4 Å². The monoisotopic (exact) mass is 1960 g/mol. The summed E-state index contributed by atoms with van der Waals surface area (Å²) in [6.45, 7) is 31.4. The zero-order valence-corrected chi connectivity index (χ0v) is 87.9. The van der Waals surface area contributed by atoms with Crippen LogP contribution in [-0.4, -0.2) is 0 Å². The summed E-state index contributed by atoms with van der Waals surface area (Å²) in [6, 6.07) is 0. The van der Waals surface area contributed by atoms with Gasteiger partial charge in [-0.25, -0.2) is 0 Å². The van der Waals surface area contributed by atoms with Gasteiger partial charge in [0.25, 0.3) is 0 Å². The average molecular weight is 1970 g/mol. The van der Waals surface area contributed by atoms with Crippen LogP contribution in [0.3, 0.4) is 0 Å². The zero-order chi connectivity index (χ0) is 73.2. The Morgan fingerprint density at radius 3 is 0.917 bits per heavy atom. The van der Waals surface area contributed by atoms with E-state index in [4.69, 9.17) is 68.1 Å². The summed E-state index contributed by atoms with van der Waals surface area (Å²) >= 11 is -3.30. The molecule has 0 bridgehead atoms. The summed E-state index contributed by atoms with van der Waals surface area (Å²) < 4.78 is 0. The topological polar surface area (TPSA) is 0 Å². The van der Waals surface area contributed by atoms with Gasteiger partial charge in [-0.2, -0.15) is 0 Å². The molecule has 12 rings (SSSR count). The van der Waals surface area contributed by atoms with Gasteiger partial charge in [-0.15, -0.1) is 19.7 Å². The van der Waals surface area contributed by atoms with Crippen molar-refractivity contribution < 1.29 is 83.4 Å². The molecule has 0 aromatic carbocycles. The Morgan fingerprint density at radius 2 is 0.602 bits per heavy atom. The van der Waals surface area contributed by atoms with Gasteiger partial charge >= 0.3 is 151 Å². The minimum atomic E-state index is -0.826. The van der Waals surface area contributed by atoms with Crippen molar-refractivity contribution in [1.29, 1.82) is 0 Å². The summed E-state index contributed by atoms with van der Waals surface area (Å²) in [5.74, 6) is 16.8. The van der Waals surface area contributed by atoms with Crippen molar-refractivity contribution in [1.82, 2.24) is 0 Å². The van der Waals surface area contributed by atoms with Crippen molar-refractivity contribution in [3.8, 4) is 0 Å². The number of allylic oxidation sites excluding steroid dienone is 19. The first-order valence-electron chi connectivity index (χ1n) is 40.9. The number of halogens is 8. The van der Waals surface area contributed by atoms with Crippen LogP contribution in [0.2, 0.25) is 0 Å². The Balaban J connectivity index is -0.000000396. The molecule has 0 radical (unpaired) electrons. The Morgan fingerprint density at radius 1 is 0.315 bits per heavy atom. The maximum absolute atomic E-state index is 4.93. The molecule has 12 aliphatic rings. The van der Waals surface area contributed by atoms with Crippen molar-refractivity contribution >= 4 is 68.1 Å². The Labute approximate surface area is 751 Å². The van der Waals surface area contributed by atoms with Gasteiger partial charge in [-0.05, 0) is 264 Å². The summed E-state index contributed by atoms with van der Waals surface area (Å²) in [6.07, 6.45) is 96.1. The van der Waals surface area contributed by atoms with Gasteiger partial charge in [0.15, 0.2) is 0 Å². The second kappa shape index (κ2) is 69.6. The van der Waals surface area contributed by atoms with Crippen LogP contribution >= 0.6 is 68.1 Å². The number of unbranched alkanes of at least 4 members (excludes halogenated alkanes) is 1. The molecule has 8 saturated carbocycles. The van der Waals surface area contributed by atoms with Gasteiger partial charge in [0.1, 0.15) is 0 Å². The zero-order valence-electron chi connectivity index (χ0n) is 72.0. The molecule has 0 aromatic rings. The fraction of sp³-hybridized carbons (Fsp3) is 0.688. The van der Waals surface area contributed by atoms with Crippen LogP contribution in [0.25, 0.3) is 0 Å². The normalized spacial score (nSPS) is 27.9. The van der Waals surface area contributed by atoms with E-state index in [2.05, 4.69) is 191 Å². The first-order valence-corrected chi connectivity index (χ1v) is 66.2. The number of rotatable bonds is 24. The van der Waals surface area contributed by atoms with Gasteiger partial charge in [-0.3, -0.25) is 0 Å². The molecule has 15 atom stereocenters. The second-order valence-electron chi connectivity index (χ2n) is 32.0. The molecular weight excluding hydrogens is 1800 g/mol. The van der Waals surface area contributed by atoms with Crippen LogP contribution in [0, 0.1) is 188 Å². The predicted octanol–water partition coefficient (Wildman–Crippen LogP) is 36.1. The van der Waals surface area contributed by atoms with Gasteiger partial charge in [0, 0.05) is 0 Å². The Kier molecular flexibility index (Phi) is 77.1. The molecule has 0 N–H and O–H groups in total. The average Bonchev–Trinajstić information content (AvgIpc) is 1.61. The Hall–Kier alpha value is 2.99. The molecule has 0 heterocycles. The van der Waals surface area contributed by atoms with Crippen molar-refractivity contribution in [2.24, 2.45) is 129 Å². The van der Waals surface area contributed by atoms with Crippen LogP contribution < -0.4 is 0 Å². The van der Waals surface area contributed by atoms with Gasteiger partial charge in [0.2, 0.25) is 0 Å². The van der Waals surface area contributed by atoms with E-state index in [-0.39, 0.29) is 59.4 Å². The van der Waals surface area contributed by atoms with Gasteiger partial charge < -0.3 is 59.4 Å². The third kappa shape index (κ3) is 34.8. The van der Waals surface area contributed by atoms with Crippen LogP contribution in [0.15, 0.2) is 135 Å². The third-order valence-corrected chi connectivity index (χ3v) is 28.5. The molecule has 108 heavy (non-hydrogen) atoms. The predicted molar refractivity (Wildman–Crippen MR) is 487 cm³/mol. The van der Waals surface area contributed by atoms with Gasteiger partial charge in [-0.1, -0.05) is 267 Å². The molecule has 12 heteroatoms. The standard InChI is InChI=1S/C23H36.C22H36.C22H34.C12H16.C9H18.8CH3.8ClH.4Zr/c1-4-7-12-18-17-22(21-16-11-10-15-20(18)21)23(5-2,6-3)19-13-8-9-14-19;2*1-4-11-17-16-21(20-15-10-9-14-19(17)20)22(5-2,6-3)18-12-7-8-13-18;1-2-5-10-8-9-11-6-3-4-7-12(10)11;1-2-3-6-9-7-4-5-8-9;;;;;;;;;;;;;;;;;;;;/h4,10-11,15-16,18-22H,1,5-9,12-14,17H2,2-3H3;9-10,14-15,17-21H,4-8,11-13,16H2,1-3H3;4,9-10,14-15,17-21H,1,5-8,11-13,16H2,2-3H3;2-4,6-7,10-12H,1,5,8-9H2;9H,2-8H2,1H3;8*1H3;8*1H;;;;/q;;;;;8*-1;;;;;;;;;4*+4/p-8. The molecule has 8 fully saturated rings. The number of hydrogen-bond acceptors (Lipinski definition) is 0. The van der Waals surface area contributed by atoms with Crippen LogP contribution in [0.5, 0.6) is 0 Å². The maximum atomic E-state index is 4.93. The molecule has 0 nitrogen and oxygen atoms in total. The first-order chi connectivity index (χ1) is 48.8. The third-order valence-electron chi connectivity index (χ3n) is 28.5. The molecule has 0 spiro atoms. The van der Waals surface area contributed by atoms with E-state index in [1.165, 1.54) is 231 Å².